The highest BCUT2D eigenvalue weighted by atomic mass is 79.9. The SMILES string of the molecule is COc1c(Br)cc(Br)cc1CNCC1CCCC1. The smallest absolute Gasteiger partial charge is 0.137 e. The van der Waals surface area contributed by atoms with E-state index in [1.807, 2.05) is 6.07 Å². The van der Waals surface area contributed by atoms with Gasteiger partial charge in [0.05, 0.1) is 11.6 Å². The van der Waals surface area contributed by atoms with Crippen LogP contribution in [0.2, 0.25) is 0 Å². The molecular formula is C14H19Br2NO. The summed E-state index contributed by atoms with van der Waals surface area (Å²) < 4.78 is 7.52. The largest absolute Gasteiger partial charge is 0.495 e. The van der Waals surface area contributed by atoms with Gasteiger partial charge in [0.15, 0.2) is 0 Å². The lowest BCUT2D eigenvalue weighted by Crippen LogP contribution is -2.21. The Morgan fingerprint density at radius 2 is 2.00 bits per heavy atom. The molecule has 2 nitrogen and oxygen atoms in total. The predicted octanol–water partition coefficient (Wildman–Crippen LogP) is 4.50. The fourth-order valence-electron chi connectivity index (χ4n) is 2.60. The maximum absolute atomic E-state index is 5.45. The lowest BCUT2D eigenvalue weighted by Gasteiger charge is -2.14. The van der Waals surface area contributed by atoms with Crippen molar-refractivity contribution in [1.29, 1.82) is 0 Å². The summed E-state index contributed by atoms with van der Waals surface area (Å²) in [4.78, 5) is 0. The van der Waals surface area contributed by atoms with Crippen LogP contribution < -0.4 is 10.1 Å². The molecule has 1 aromatic carbocycles. The Labute approximate surface area is 126 Å². The van der Waals surface area contributed by atoms with Gasteiger partial charge in [0.2, 0.25) is 0 Å². The van der Waals surface area contributed by atoms with Crippen LogP contribution in [0.5, 0.6) is 5.75 Å². The second-order valence-electron chi connectivity index (χ2n) is 4.86. The molecular weight excluding hydrogens is 358 g/mol. The number of halogens is 2. The fraction of sp³-hybridized carbons (Fsp3) is 0.571. The summed E-state index contributed by atoms with van der Waals surface area (Å²) in [6.07, 6.45) is 5.56. The minimum atomic E-state index is 0.859. The third kappa shape index (κ3) is 3.72. The van der Waals surface area contributed by atoms with Gasteiger partial charge >= 0.3 is 0 Å². The molecule has 100 valence electrons. The van der Waals surface area contributed by atoms with Crippen molar-refractivity contribution in [2.45, 2.75) is 32.2 Å². The molecule has 2 rings (SSSR count). The minimum Gasteiger partial charge on any atom is -0.495 e. The summed E-state index contributed by atoms with van der Waals surface area (Å²) in [5.74, 6) is 1.80. The molecule has 1 aliphatic carbocycles. The highest BCUT2D eigenvalue weighted by molar-refractivity contribution is 9.11. The van der Waals surface area contributed by atoms with Crippen LogP contribution >= 0.6 is 31.9 Å². The van der Waals surface area contributed by atoms with Gasteiger partial charge in [-0.25, -0.2) is 0 Å². The molecule has 0 amide bonds. The van der Waals surface area contributed by atoms with Crippen molar-refractivity contribution in [2.24, 2.45) is 5.92 Å². The highest BCUT2D eigenvalue weighted by Gasteiger charge is 2.15. The Morgan fingerprint density at radius 1 is 1.28 bits per heavy atom. The maximum Gasteiger partial charge on any atom is 0.137 e. The molecule has 0 bridgehead atoms. The van der Waals surface area contributed by atoms with E-state index in [1.165, 1.54) is 31.2 Å². The second kappa shape index (κ2) is 6.92. The first-order valence-electron chi connectivity index (χ1n) is 6.43. The van der Waals surface area contributed by atoms with Crippen molar-refractivity contribution >= 4 is 31.9 Å². The van der Waals surface area contributed by atoms with Crippen LogP contribution in [-0.4, -0.2) is 13.7 Å². The van der Waals surface area contributed by atoms with Gasteiger partial charge in [0.25, 0.3) is 0 Å². The molecule has 0 aliphatic heterocycles. The Balaban J connectivity index is 1.95. The maximum atomic E-state index is 5.45. The Bertz CT molecular complexity index is 403. The van der Waals surface area contributed by atoms with Crippen molar-refractivity contribution in [2.75, 3.05) is 13.7 Å². The molecule has 0 radical (unpaired) electrons. The van der Waals surface area contributed by atoms with Crippen LogP contribution in [0.15, 0.2) is 21.1 Å². The molecule has 1 N–H and O–H groups in total. The number of hydrogen-bond donors (Lipinski definition) is 1. The van der Waals surface area contributed by atoms with Crippen LogP contribution in [0.3, 0.4) is 0 Å². The van der Waals surface area contributed by atoms with Gasteiger partial charge in [0.1, 0.15) is 5.75 Å². The van der Waals surface area contributed by atoms with E-state index in [-0.39, 0.29) is 0 Å². The molecule has 1 fully saturated rings. The summed E-state index contributed by atoms with van der Waals surface area (Å²) in [6, 6.07) is 4.13. The van der Waals surface area contributed by atoms with Gasteiger partial charge in [-0.15, -0.1) is 0 Å². The van der Waals surface area contributed by atoms with E-state index >= 15 is 0 Å². The van der Waals surface area contributed by atoms with E-state index in [2.05, 4.69) is 43.2 Å². The zero-order valence-corrected chi connectivity index (χ0v) is 13.8. The molecule has 4 heteroatoms. The molecule has 0 heterocycles. The lowest BCUT2D eigenvalue weighted by molar-refractivity contribution is 0.402. The molecule has 0 atom stereocenters. The standard InChI is InChI=1S/C14H19Br2NO/c1-18-14-11(6-12(15)7-13(14)16)9-17-8-10-4-2-3-5-10/h6-7,10,17H,2-5,8-9H2,1H3. The van der Waals surface area contributed by atoms with Gasteiger partial charge < -0.3 is 10.1 Å². The van der Waals surface area contributed by atoms with Crippen molar-refractivity contribution in [3.05, 3.63) is 26.6 Å². The second-order valence-corrected chi connectivity index (χ2v) is 6.63. The van der Waals surface area contributed by atoms with Gasteiger partial charge in [-0.3, -0.25) is 0 Å². The van der Waals surface area contributed by atoms with Gasteiger partial charge in [-0.05, 0) is 53.4 Å². The third-order valence-electron chi connectivity index (χ3n) is 3.51. The fourth-order valence-corrected chi connectivity index (χ4v) is 4.07. The van der Waals surface area contributed by atoms with Crippen LogP contribution in [-0.2, 0) is 6.54 Å². The number of methoxy groups -OCH3 is 1. The number of ether oxygens (including phenoxy) is 1. The first-order chi connectivity index (χ1) is 8.70. The monoisotopic (exact) mass is 375 g/mol. The minimum absolute atomic E-state index is 0.859. The Kier molecular flexibility index (Phi) is 5.52. The van der Waals surface area contributed by atoms with E-state index in [1.54, 1.807) is 7.11 Å². The van der Waals surface area contributed by atoms with Gasteiger partial charge in [-0.1, -0.05) is 28.8 Å². The normalized spacial score (nSPS) is 16.2. The average Bonchev–Trinajstić information content (AvgIpc) is 2.81. The van der Waals surface area contributed by atoms with Crippen LogP contribution in [0, 0.1) is 5.92 Å². The first-order valence-corrected chi connectivity index (χ1v) is 8.02. The van der Waals surface area contributed by atoms with Crippen LogP contribution in [0.4, 0.5) is 0 Å². The van der Waals surface area contributed by atoms with Crippen molar-refractivity contribution in [1.82, 2.24) is 5.32 Å². The summed E-state index contributed by atoms with van der Waals surface area (Å²) in [6.45, 7) is 1.98. The summed E-state index contributed by atoms with van der Waals surface area (Å²) in [7, 11) is 1.72. The summed E-state index contributed by atoms with van der Waals surface area (Å²) >= 11 is 7.05. The zero-order chi connectivity index (χ0) is 13.0. The number of benzene rings is 1. The molecule has 1 aromatic rings. The average molecular weight is 377 g/mol. The molecule has 1 aliphatic rings. The Hall–Kier alpha value is -0.0600. The number of rotatable bonds is 5. The van der Waals surface area contributed by atoms with Crippen molar-refractivity contribution in [3.8, 4) is 5.75 Å². The first kappa shape index (κ1) is 14.4. The van der Waals surface area contributed by atoms with E-state index in [4.69, 9.17) is 4.74 Å². The summed E-state index contributed by atoms with van der Waals surface area (Å²) in [5.41, 5.74) is 1.19. The molecule has 0 spiro atoms. The lowest BCUT2D eigenvalue weighted by atomic mass is 10.1. The number of hydrogen-bond acceptors (Lipinski definition) is 2. The van der Waals surface area contributed by atoms with Crippen molar-refractivity contribution < 1.29 is 4.74 Å². The van der Waals surface area contributed by atoms with E-state index < -0.39 is 0 Å². The van der Waals surface area contributed by atoms with E-state index in [0.717, 1.165) is 33.7 Å². The van der Waals surface area contributed by atoms with Crippen LogP contribution in [0.1, 0.15) is 31.2 Å². The Morgan fingerprint density at radius 3 is 2.67 bits per heavy atom. The molecule has 0 aromatic heterocycles. The third-order valence-corrected chi connectivity index (χ3v) is 4.56. The van der Waals surface area contributed by atoms with E-state index in [9.17, 15) is 0 Å². The quantitative estimate of drug-likeness (QED) is 0.816. The molecule has 18 heavy (non-hydrogen) atoms. The van der Waals surface area contributed by atoms with Crippen LogP contribution in [0.25, 0.3) is 0 Å². The van der Waals surface area contributed by atoms with E-state index in [0.29, 0.717) is 0 Å². The topological polar surface area (TPSA) is 21.3 Å². The molecule has 0 saturated heterocycles. The van der Waals surface area contributed by atoms with Gasteiger partial charge in [0, 0.05) is 16.6 Å². The zero-order valence-electron chi connectivity index (χ0n) is 10.6. The number of nitrogens with one attached hydrogen (secondary N) is 1. The predicted molar refractivity (Wildman–Crippen MR) is 82.1 cm³/mol. The molecule has 1 saturated carbocycles. The van der Waals surface area contributed by atoms with Crippen molar-refractivity contribution in [3.63, 3.8) is 0 Å². The summed E-state index contributed by atoms with van der Waals surface area (Å²) in [5, 5.41) is 3.55. The van der Waals surface area contributed by atoms with Gasteiger partial charge in [-0.2, -0.15) is 0 Å². The highest BCUT2D eigenvalue weighted by Crippen LogP contribution is 2.32. The molecule has 0 unspecified atom stereocenters.